The van der Waals surface area contributed by atoms with E-state index in [-0.39, 0.29) is 6.23 Å². The van der Waals surface area contributed by atoms with Crippen molar-refractivity contribution in [1.82, 2.24) is 10.6 Å². The van der Waals surface area contributed by atoms with Crippen molar-refractivity contribution in [3.8, 4) is 0 Å². The van der Waals surface area contributed by atoms with Crippen molar-refractivity contribution >= 4 is 0 Å². The summed E-state index contributed by atoms with van der Waals surface area (Å²) in [5.74, 6) is 0. The highest BCUT2D eigenvalue weighted by atomic mass is 16.3. The molecule has 0 aromatic heterocycles. The number of hydrogen-bond donors (Lipinski definition) is 3. The quantitative estimate of drug-likeness (QED) is 0.376. The van der Waals surface area contributed by atoms with Crippen LogP contribution in [0.4, 0.5) is 0 Å². The molecule has 0 bridgehead atoms. The van der Waals surface area contributed by atoms with Crippen molar-refractivity contribution in [2.45, 2.75) is 19.2 Å². The van der Waals surface area contributed by atoms with Gasteiger partial charge in [-0.25, -0.2) is 0 Å². The maximum atomic E-state index is 8.85. The predicted octanol–water partition coefficient (Wildman–Crippen LogP) is -1.11. The van der Waals surface area contributed by atoms with Gasteiger partial charge < -0.3 is 10.4 Å². The molecule has 2 unspecified atom stereocenters. The van der Waals surface area contributed by atoms with Crippen LogP contribution in [0.5, 0.6) is 0 Å². The van der Waals surface area contributed by atoms with E-state index < -0.39 is 0 Å². The van der Waals surface area contributed by atoms with E-state index in [1.54, 1.807) is 0 Å². The fourth-order valence-corrected chi connectivity index (χ4v) is 0.770. The molecule has 1 saturated heterocycles. The maximum Gasteiger partial charge on any atom is 0.117 e. The van der Waals surface area contributed by atoms with Crippen LogP contribution in [0.15, 0.2) is 0 Å². The number of β-amino-alcohol motifs (C(OH)–C–C–N with tert-alkyl or cyclic N) is 1. The molecule has 1 heterocycles. The molecule has 3 N–H and O–H groups in total. The lowest BCUT2D eigenvalue weighted by Gasteiger charge is -2.25. The summed E-state index contributed by atoms with van der Waals surface area (Å²) in [7, 11) is 0. The van der Waals surface area contributed by atoms with Crippen LogP contribution in [0.1, 0.15) is 6.92 Å². The maximum absolute atomic E-state index is 8.85. The molecule has 3 nitrogen and oxygen atoms in total. The van der Waals surface area contributed by atoms with E-state index in [2.05, 4.69) is 17.6 Å². The number of aliphatic hydroxyl groups is 1. The zero-order chi connectivity index (χ0) is 5.98. The van der Waals surface area contributed by atoms with Gasteiger partial charge in [-0.3, -0.25) is 5.32 Å². The molecule has 3 heteroatoms. The summed E-state index contributed by atoms with van der Waals surface area (Å²) in [5.41, 5.74) is 0. The first-order chi connectivity index (χ1) is 3.79. The Kier molecular flexibility index (Phi) is 1.83. The average Bonchev–Trinajstić information content (AvgIpc) is 1.77. The van der Waals surface area contributed by atoms with Crippen molar-refractivity contribution < 1.29 is 5.11 Å². The van der Waals surface area contributed by atoms with Crippen molar-refractivity contribution in [2.24, 2.45) is 0 Å². The largest absolute Gasteiger partial charge is 0.377 e. The molecule has 48 valence electrons. The molecule has 0 amide bonds. The monoisotopic (exact) mass is 116 g/mol. The summed E-state index contributed by atoms with van der Waals surface area (Å²) in [6.07, 6.45) is -0.341. The zero-order valence-electron chi connectivity index (χ0n) is 5.02. The molecule has 0 spiro atoms. The second-order valence-electron chi connectivity index (χ2n) is 2.23. The summed E-state index contributed by atoms with van der Waals surface area (Å²) >= 11 is 0. The molecule has 1 aliphatic heterocycles. The van der Waals surface area contributed by atoms with E-state index in [1.165, 1.54) is 0 Å². The Labute approximate surface area is 49.1 Å². The minimum absolute atomic E-state index is 0.341. The van der Waals surface area contributed by atoms with Gasteiger partial charge in [0.2, 0.25) is 0 Å². The molecule has 1 aliphatic rings. The van der Waals surface area contributed by atoms with Crippen molar-refractivity contribution in [2.75, 3.05) is 13.1 Å². The number of hydrogen-bond acceptors (Lipinski definition) is 3. The van der Waals surface area contributed by atoms with Gasteiger partial charge in [0, 0.05) is 19.1 Å². The summed E-state index contributed by atoms with van der Waals surface area (Å²) in [4.78, 5) is 0. The molecule has 0 aromatic carbocycles. The first-order valence-electron chi connectivity index (χ1n) is 2.94. The SMILES string of the molecule is CC1CNC(O)CN1. The highest BCUT2D eigenvalue weighted by Gasteiger charge is 2.12. The van der Waals surface area contributed by atoms with E-state index in [1.807, 2.05) is 0 Å². The van der Waals surface area contributed by atoms with Gasteiger partial charge in [-0.05, 0) is 6.92 Å². The van der Waals surface area contributed by atoms with E-state index in [9.17, 15) is 0 Å². The Bertz CT molecular complexity index is 58.8. The standard InChI is InChI=1S/C5H12N2O/c1-4-2-7-5(8)3-6-4/h4-8H,2-3H2,1H3. The van der Waals surface area contributed by atoms with E-state index in [0.717, 1.165) is 6.54 Å². The summed E-state index contributed by atoms with van der Waals surface area (Å²) in [6, 6.07) is 0.499. The van der Waals surface area contributed by atoms with Crippen LogP contribution in [-0.4, -0.2) is 30.5 Å². The Morgan fingerprint density at radius 3 is 2.50 bits per heavy atom. The molecule has 0 saturated carbocycles. The van der Waals surface area contributed by atoms with Gasteiger partial charge in [0.25, 0.3) is 0 Å². The normalized spacial score (nSPS) is 39.8. The highest BCUT2D eigenvalue weighted by molar-refractivity contribution is 4.72. The Hall–Kier alpha value is -0.120. The second kappa shape index (κ2) is 2.44. The van der Waals surface area contributed by atoms with E-state index in [0.29, 0.717) is 12.6 Å². The van der Waals surface area contributed by atoms with Crippen LogP contribution in [0.3, 0.4) is 0 Å². The summed E-state index contributed by atoms with van der Waals surface area (Å²) in [5, 5.41) is 14.9. The van der Waals surface area contributed by atoms with Gasteiger partial charge in [-0.15, -0.1) is 0 Å². The van der Waals surface area contributed by atoms with Crippen LogP contribution in [0.25, 0.3) is 0 Å². The fraction of sp³-hybridized carbons (Fsp3) is 1.00. The first-order valence-corrected chi connectivity index (χ1v) is 2.94. The van der Waals surface area contributed by atoms with Gasteiger partial charge >= 0.3 is 0 Å². The van der Waals surface area contributed by atoms with Gasteiger partial charge in [0.15, 0.2) is 0 Å². The molecular formula is C5H12N2O. The number of nitrogens with one attached hydrogen (secondary N) is 2. The van der Waals surface area contributed by atoms with Crippen LogP contribution in [0, 0.1) is 0 Å². The van der Waals surface area contributed by atoms with Crippen LogP contribution in [-0.2, 0) is 0 Å². The molecular weight excluding hydrogens is 104 g/mol. The van der Waals surface area contributed by atoms with Gasteiger partial charge in [-0.2, -0.15) is 0 Å². The van der Waals surface area contributed by atoms with Crippen molar-refractivity contribution in [3.05, 3.63) is 0 Å². The lowest BCUT2D eigenvalue weighted by Crippen LogP contribution is -2.52. The molecule has 8 heavy (non-hydrogen) atoms. The third kappa shape index (κ3) is 1.43. The summed E-state index contributed by atoms with van der Waals surface area (Å²) < 4.78 is 0. The Morgan fingerprint density at radius 2 is 2.12 bits per heavy atom. The molecule has 2 atom stereocenters. The van der Waals surface area contributed by atoms with Crippen LogP contribution >= 0.6 is 0 Å². The number of piperazine rings is 1. The predicted molar refractivity (Wildman–Crippen MR) is 31.5 cm³/mol. The molecule has 0 radical (unpaired) electrons. The smallest absolute Gasteiger partial charge is 0.117 e. The van der Waals surface area contributed by atoms with Crippen LogP contribution < -0.4 is 10.6 Å². The first kappa shape index (κ1) is 6.01. The van der Waals surface area contributed by atoms with E-state index in [4.69, 9.17) is 5.11 Å². The molecule has 1 rings (SSSR count). The van der Waals surface area contributed by atoms with Crippen LogP contribution in [0.2, 0.25) is 0 Å². The van der Waals surface area contributed by atoms with Crippen molar-refractivity contribution in [3.63, 3.8) is 0 Å². The topological polar surface area (TPSA) is 44.3 Å². The van der Waals surface area contributed by atoms with Crippen molar-refractivity contribution in [1.29, 1.82) is 0 Å². The van der Waals surface area contributed by atoms with Gasteiger partial charge in [0.05, 0.1) is 0 Å². The van der Waals surface area contributed by atoms with E-state index >= 15 is 0 Å². The summed E-state index contributed by atoms with van der Waals surface area (Å²) in [6.45, 7) is 3.61. The lowest BCUT2D eigenvalue weighted by molar-refractivity contribution is 0.108. The number of rotatable bonds is 0. The average molecular weight is 116 g/mol. The van der Waals surface area contributed by atoms with Gasteiger partial charge in [0.1, 0.15) is 6.23 Å². The number of aliphatic hydroxyl groups excluding tert-OH is 1. The minimum atomic E-state index is -0.341. The molecule has 0 aliphatic carbocycles. The van der Waals surface area contributed by atoms with Gasteiger partial charge in [-0.1, -0.05) is 0 Å². The Balaban J connectivity index is 2.19. The third-order valence-corrected chi connectivity index (χ3v) is 1.32. The second-order valence-corrected chi connectivity index (χ2v) is 2.23. The fourth-order valence-electron chi connectivity index (χ4n) is 0.770. The minimum Gasteiger partial charge on any atom is -0.377 e. The highest BCUT2D eigenvalue weighted by Crippen LogP contribution is 1.87. The third-order valence-electron chi connectivity index (χ3n) is 1.32. The molecule has 0 aromatic rings. The zero-order valence-corrected chi connectivity index (χ0v) is 5.02. The molecule has 1 fully saturated rings. The Morgan fingerprint density at radius 1 is 1.38 bits per heavy atom. The lowest BCUT2D eigenvalue weighted by atomic mass is 10.3.